The average Bonchev–Trinajstić information content (AvgIpc) is 2.64. The van der Waals surface area contributed by atoms with Crippen molar-refractivity contribution in [3.63, 3.8) is 0 Å². The minimum atomic E-state index is -0.128. The van der Waals surface area contributed by atoms with Crippen molar-refractivity contribution >= 4 is 16.8 Å². The Morgan fingerprint density at radius 2 is 1.79 bits per heavy atom. The first-order chi connectivity index (χ1) is 11.7. The zero-order valence-corrected chi connectivity index (χ0v) is 13.1. The minimum Gasteiger partial charge on any atom is -0.345 e. The molecule has 5 nitrogen and oxygen atoms in total. The molecule has 1 aliphatic rings. The Hall–Kier alpha value is -2.79. The molecule has 120 valence electrons. The topological polar surface area (TPSA) is 80.9 Å². The number of nitrogens with one attached hydrogen (secondary N) is 1. The Morgan fingerprint density at radius 3 is 2.67 bits per heavy atom. The summed E-state index contributed by atoms with van der Waals surface area (Å²) < 4.78 is 0. The number of benzene rings is 2. The molecule has 0 saturated carbocycles. The van der Waals surface area contributed by atoms with Crippen LogP contribution in [0.3, 0.4) is 0 Å². The monoisotopic (exact) mass is 318 g/mol. The zero-order chi connectivity index (χ0) is 16.5. The lowest BCUT2D eigenvalue weighted by Crippen LogP contribution is -2.33. The van der Waals surface area contributed by atoms with Crippen LogP contribution in [0.1, 0.15) is 46.4 Å². The van der Waals surface area contributed by atoms with E-state index >= 15 is 0 Å². The molecule has 0 spiro atoms. The molecule has 2 aromatic carbocycles. The highest BCUT2D eigenvalue weighted by molar-refractivity contribution is 6.05. The van der Waals surface area contributed by atoms with Crippen LogP contribution in [-0.4, -0.2) is 16.1 Å². The van der Waals surface area contributed by atoms with Gasteiger partial charge in [0.25, 0.3) is 5.91 Å². The third-order valence-corrected chi connectivity index (χ3v) is 4.63. The number of aromatic nitrogens is 2. The van der Waals surface area contributed by atoms with Gasteiger partial charge in [-0.3, -0.25) is 4.79 Å². The van der Waals surface area contributed by atoms with Crippen molar-refractivity contribution in [2.75, 3.05) is 0 Å². The summed E-state index contributed by atoms with van der Waals surface area (Å²) in [5, 5.41) is 12.0. The molecule has 4 rings (SSSR count). The third kappa shape index (κ3) is 2.53. The number of nitrogens with two attached hydrogens (primary N) is 1. The predicted molar refractivity (Wildman–Crippen MR) is 92.3 cm³/mol. The summed E-state index contributed by atoms with van der Waals surface area (Å²) >= 11 is 0. The molecule has 2 unspecified atom stereocenters. The molecule has 0 bridgehead atoms. The fraction of sp³-hybridized carbons (Fsp3) is 0.211. The number of carbonyl (C=O) groups is 1. The molecule has 0 aliphatic heterocycles. The molecule has 2 atom stereocenters. The molecule has 3 aromatic rings. The standard InChI is InChI=1S/C19H18N4O/c20-16-9-10-17(13-6-2-1-5-12(13)16)22-19(24)15-11-21-23-18-8-4-3-7-14(15)18/h1-8,11,16-17H,9-10,20H2,(H,22,24). The van der Waals surface area contributed by atoms with Crippen LogP contribution in [0, 0.1) is 0 Å². The second-order valence-electron chi connectivity index (χ2n) is 6.11. The van der Waals surface area contributed by atoms with E-state index in [2.05, 4.69) is 15.5 Å². The van der Waals surface area contributed by atoms with Gasteiger partial charge in [0.2, 0.25) is 0 Å². The molecule has 5 heteroatoms. The lowest BCUT2D eigenvalue weighted by molar-refractivity contribution is 0.0933. The van der Waals surface area contributed by atoms with Gasteiger partial charge in [0, 0.05) is 11.4 Å². The maximum atomic E-state index is 12.8. The Labute approximate surface area is 139 Å². The van der Waals surface area contributed by atoms with Gasteiger partial charge in [-0.1, -0.05) is 42.5 Å². The number of amides is 1. The molecule has 24 heavy (non-hydrogen) atoms. The van der Waals surface area contributed by atoms with Gasteiger partial charge in [-0.05, 0) is 30.0 Å². The van der Waals surface area contributed by atoms with E-state index in [1.807, 2.05) is 48.5 Å². The molecule has 1 amide bonds. The van der Waals surface area contributed by atoms with Crippen LogP contribution >= 0.6 is 0 Å². The number of nitrogens with zero attached hydrogens (tertiary/aromatic N) is 2. The van der Waals surface area contributed by atoms with Crippen LogP contribution in [0.25, 0.3) is 10.9 Å². The summed E-state index contributed by atoms with van der Waals surface area (Å²) in [5.41, 5.74) is 9.69. The van der Waals surface area contributed by atoms with Gasteiger partial charge in [-0.2, -0.15) is 10.2 Å². The van der Waals surface area contributed by atoms with Gasteiger partial charge in [-0.25, -0.2) is 0 Å². The smallest absolute Gasteiger partial charge is 0.254 e. The van der Waals surface area contributed by atoms with Crippen LogP contribution in [0.5, 0.6) is 0 Å². The maximum Gasteiger partial charge on any atom is 0.254 e. The van der Waals surface area contributed by atoms with Crippen LogP contribution in [0.4, 0.5) is 0 Å². The Bertz CT molecular complexity index is 903. The summed E-state index contributed by atoms with van der Waals surface area (Å²) in [5.74, 6) is -0.128. The van der Waals surface area contributed by atoms with E-state index in [1.165, 1.54) is 6.20 Å². The van der Waals surface area contributed by atoms with Crippen LogP contribution < -0.4 is 11.1 Å². The van der Waals surface area contributed by atoms with Gasteiger partial charge >= 0.3 is 0 Å². The van der Waals surface area contributed by atoms with E-state index < -0.39 is 0 Å². The van der Waals surface area contributed by atoms with Crippen molar-refractivity contribution in [1.29, 1.82) is 0 Å². The Kier molecular flexibility index (Phi) is 3.70. The van der Waals surface area contributed by atoms with Crippen molar-refractivity contribution in [3.8, 4) is 0 Å². The molecule has 1 heterocycles. The second kappa shape index (κ2) is 6.02. The SMILES string of the molecule is NC1CCC(NC(=O)c2cnnc3ccccc23)c2ccccc21. The quantitative estimate of drug-likeness (QED) is 0.761. The molecular formula is C19H18N4O. The number of carbonyl (C=O) groups excluding carboxylic acids is 1. The molecule has 0 radical (unpaired) electrons. The number of fused-ring (bicyclic) bond motifs is 2. The average molecular weight is 318 g/mol. The largest absolute Gasteiger partial charge is 0.345 e. The van der Waals surface area contributed by atoms with Crippen molar-refractivity contribution in [2.24, 2.45) is 5.73 Å². The van der Waals surface area contributed by atoms with Crippen molar-refractivity contribution in [3.05, 3.63) is 71.4 Å². The number of hydrogen-bond acceptors (Lipinski definition) is 4. The summed E-state index contributed by atoms with van der Waals surface area (Å²) in [6.45, 7) is 0. The van der Waals surface area contributed by atoms with Gasteiger partial charge in [0.05, 0.1) is 23.3 Å². The molecule has 1 aliphatic carbocycles. The predicted octanol–water partition coefficient (Wildman–Crippen LogP) is 2.89. The van der Waals surface area contributed by atoms with Crippen molar-refractivity contribution < 1.29 is 4.79 Å². The molecule has 1 aromatic heterocycles. The molecule has 0 saturated heterocycles. The normalized spacial score (nSPS) is 19.7. The van der Waals surface area contributed by atoms with E-state index in [0.29, 0.717) is 5.56 Å². The van der Waals surface area contributed by atoms with Gasteiger partial charge < -0.3 is 11.1 Å². The van der Waals surface area contributed by atoms with E-state index in [-0.39, 0.29) is 18.0 Å². The first-order valence-electron chi connectivity index (χ1n) is 8.10. The first kappa shape index (κ1) is 14.8. The lowest BCUT2D eigenvalue weighted by Gasteiger charge is -2.30. The van der Waals surface area contributed by atoms with E-state index in [4.69, 9.17) is 5.73 Å². The summed E-state index contributed by atoms with van der Waals surface area (Å²) in [7, 11) is 0. The maximum absolute atomic E-state index is 12.8. The van der Waals surface area contributed by atoms with Gasteiger partial charge in [0.1, 0.15) is 0 Å². The highest BCUT2D eigenvalue weighted by atomic mass is 16.1. The Balaban J connectivity index is 1.66. The minimum absolute atomic E-state index is 0.0274. The molecule has 3 N–H and O–H groups in total. The first-order valence-corrected chi connectivity index (χ1v) is 8.10. The van der Waals surface area contributed by atoms with Crippen LogP contribution in [-0.2, 0) is 0 Å². The van der Waals surface area contributed by atoms with Crippen molar-refractivity contribution in [1.82, 2.24) is 15.5 Å². The fourth-order valence-corrected chi connectivity index (χ4v) is 3.40. The number of rotatable bonds is 2. The van der Waals surface area contributed by atoms with E-state index in [0.717, 1.165) is 34.9 Å². The molecular weight excluding hydrogens is 300 g/mol. The van der Waals surface area contributed by atoms with Crippen LogP contribution in [0.15, 0.2) is 54.7 Å². The van der Waals surface area contributed by atoms with E-state index in [1.54, 1.807) is 0 Å². The van der Waals surface area contributed by atoms with Crippen LogP contribution in [0.2, 0.25) is 0 Å². The fourth-order valence-electron chi connectivity index (χ4n) is 3.40. The van der Waals surface area contributed by atoms with Gasteiger partial charge in [-0.15, -0.1) is 0 Å². The third-order valence-electron chi connectivity index (χ3n) is 4.63. The van der Waals surface area contributed by atoms with Crippen molar-refractivity contribution in [2.45, 2.75) is 24.9 Å². The zero-order valence-electron chi connectivity index (χ0n) is 13.1. The summed E-state index contributed by atoms with van der Waals surface area (Å²) in [6, 6.07) is 15.6. The highest BCUT2D eigenvalue weighted by Gasteiger charge is 2.26. The second-order valence-corrected chi connectivity index (χ2v) is 6.11. The van der Waals surface area contributed by atoms with Gasteiger partial charge in [0.15, 0.2) is 0 Å². The molecule has 0 fully saturated rings. The summed E-state index contributed by atoms with van der Waals surface area (Å²) in [6.07, 6.45) is 3.22. The Morgan fingerprint density at radius 1 is 1.04 bits per heavy atom. The lowest BCUT2D eigenvalue weighted by atomic mass is 9.84. The summed E-state index contributed by atoms with van der Waals surface area (Å²) in [4.78, 5) is 12.8. The number of hydrogen-bond donors (Lipinski definition) is 2. The van der Waals surface area contributed by atoms with E-state index in [9.17, 15) is 4.79 Å². The highest BCUT2D eigenvalue weighted by Crippen LogP contribution is 2.34.